The van der Waals surface area contributed by atoms with Crippen LogP contribution in [0.5, 0.6) is 0 Å². The molecule has 2 aromatic carbocycles. The zero-order valence-electron chi connectivity index (χ0n) is 15.6. The van der Waals surface area contributed by atoms with Crippen LogP contribution in [0.3, 0.4) is 0 Å². The number of nitrogens with one attached hydrogen (secondary N) is 2. The van der Waals surface area contributed by atoms with Gasteiger partial charge in [-0.05, 0) is 50.2 Å². The Kier molecular flexibility index (Phi) is 6.39. The molecule has 0 saturated carbocycles. The van der Waals surface area contributed by atoms with E-state index >= 15 is 0 Å². The molecule has 28 heavy (non-hydrogen) atoms. The molecule has 0 aliphatic carbocycles. The highest BCUT2D eigenvalue weighted by molar-refractivity contribution is 7.99. The van der Waals surface area contributed by atoms with Crippen LogP contribution in [-0.4, -0.2) is 27.8 Å². The molecule has 1 aromatic heterocycles. The Morgan fingerprint density at radius 1 is 0.821 bits per heavy atom. The molecule has 0 saturated heterocycles. The lowest BCUT2D eigenvalue weighted by Gasteiger charge is -2.06. The number of amides is 2. The van der Waals surface area contributed by atoms with Crippen LogP contribution in [0.15, 0.2) is 65.7 Å². The van der Waals surface area contributed by atoms with E-state index in [9.17, 15) is 9.59 Å². The minimum Gasteiger partial charge on any atom is -0.325 e. The van der Waals surface area contributed by atoms with Crippen molar-refractivity contribution in [3.63, 3.8) is 0 Å². The standard InChI is InChI=1S/C21H20N4O2S/c1-14-3-7-16(8-4-14)21(27)23-18-11-12-20(25-24-18)28-13-19(26)22-17-9-5-15(2)6-10-17/h3-12H,13H2,1-2H3,(H,22,26)(H,23,24,27). The summed E-state index contributed by atoms with van der Waals surface area (Å²) in [4.78, 5) is 24.2. The van der Waals surface area contributed by atoms with Crippen molar-refractivity contribution >= 4 is 35.1 Å². The predicted molar refractivity (Wildman–Crippen MR) is 112 cm³/mol. The monoisotopic (exact) mass is 392 g/mol. The first kappa shape index (κ1) is 19.6. The third kappa shape index (κ3) is 5.65. The summed E-state index contributed by atoms with van der Waals surface area (Å²) >= 11 is 1.28. The van der Waals surface area contributed by atoms with Crippen molar-refractivity contribution in [3.05, 3.63) is 77.4 Å². The number of carbonyl (C=O) groups excluding carboxylic acids is 2. The third-order valence-corrected chi connectivity index (χ3v) is 4.80. The van der Waals surface area contributed by atoms with Gasteiger partial charge in [-0.2, -0.15) is 0 Å². The Morgan fingerprint density at radius 2 is 1.46 bits per heavy atom. The molecule has 2 N–H and O–H groups in total. The van der Waals surface area contributed by atoms with Crippen LogP contribution in [0, 0.1) is 13.8 Å². The average Bonchev–Trinajstić information content (AvgIpc) is 2.70. The van der Waals surface area contributed by atoms with Crippen molar-refractivity contribution in [3.8, 4) is 0 Å². The summed E-state index contributed by atoms with van der Waals surface area (Å²) in [5.41, 5.74) is 3.54. The molecule has 0 aliphatic rings. The van der Waals surface area contributed by atoms with Crippen molar-refractivity contribution in [2.75, 3.05) is 16.4 Å². The van der Waals surface area contributed by atoms with Crippen LogP contribution in [-0.2, 0) is 4.79 Å². The Bertz CT molecular complexity index is 955. The molecule has 0 radical (unpaired) electrons. The molecule has 0 spiro atoms. The van der Waals surface area contributed by atoms with Gasteiger partial charge in [0.1, 0.15) is 5.03 Å². The molecular weight excluding hydrogens is 372 g/mol. The van der Waals surface area contributed by atoms with Crippen molar-refractivity contribution in [2.45, 2.75) is 18.9 Å². The van der Waals surface area contributed by atoms with Crippen molar-refractivity contribution in [1.82, 2.24) is 10.2 Å². The van der Waals surface area contributed by atoms with Gasteiger partial charge < -0.3 is 10.6 Å². The number of hydrogen-bond donors (Lipinski definition) is 2. The normalized spacial score (nSPS) is 10.4. The number of carbonyl (C=O) groups is 2. The first-order chi connectivity index (χ1) is 13.5. The lowest BCUT2D eigenvalue weighted by atomic mass is 10.1. The molecule has 0 bridgehead atoms. The van der Waals surface area contributed by atoms with Gasteiger partial charge in [0.2, 0.25) is 5.91 Å². The van der Waals surface area contributed by atoms with E-state index in [0.29, 0.717) is 16.4 Å². The number of aromatic nitrogens is 2. The highest BCUT2D eigenvalue weighted by atomic mass is 32.2. The van der Waals surface area contributed by atoms with Crippen molar-refractivity contribution < 1.29 is 9.59 Å². The quantitative estimate of drug-likeness (QED) is 0.618. The van der Waals surface area contributed by atoms with Gasteiger partial charge in [-0.3, -0.25) is 9.59 Å². The van der Waals surface area contributed by atoms with Gasteiger partial charge in [0.15, 0.2) is 5.82 Å². The van der Waals surface area contributed by atoms with E-state index in [2.05, 4.69) is 20.8 Å². The van der Waals surface area contributed by atoms with Crippen LogP contribution in [0.1, 0.15) is 21.5 Å². The van der Waals surface area contributed by atoms with Gasteiger partial charge in [0.05, 0.1) is 5.75 Å². The van der Waals surface area contributed by atoms with E-state index in [1.807, 2.05) is 50.2 Å². The zero-order valence-corrected chi connectivity index (χ0v) is 16.4. The number of anilines is 2. The fourth-order valence-electron chi connectivity index (χ4n) is 2.33. The second-order valence-corrected chi connectivity index (χ2v) is 7.28. The van der Waals surface area contributed by atoms with Crippen LogP contribution < -0.4 is 10.6 Å². The zero-order chi connectivity index (χ0) is 19.9. The average molecular weight is 392 g/mol. The molecule has 1 heterocycles. The fraction of sp³-hybridized carbons (Fsp3) is 0.143. The number of nitrogens with zero attached hydrogens (tertiary/aromatic N) is 2. The number of hydrogen-bond acceptors (Lipinski definition) is 5. The molecule has 0 unspecified atom stereocenters. The summed E-state index contributed by atoms with van der Waals surface area (Å²) in [6.45, 7) is 3.96. The van der Waals surface area contributed by atoms with E-state index in [1.54, 1.807) is 24.3 Å². The minimum atomic E-state index is -0.243. The van der Waals surface area contributed by atoms with E-state index in [4.69, 9.17) is 0 Å². The maximum Gasteiger partial charge on any atom is 0.256 e. The number of thioether (sulfide) groups is 1. The molecule has 0 atom stereocenters. The van der Waals surface area contributed by atoms with Gasteiger partial charge in [-0.1, -0.05) is 47.2 Å². The topological polar surface area (TPSA) is 84.0 Å². The maximum absolute atomic E-state index is 12.2. The molecule has 0 fully saturated rings. The van der Waals surface area contributed by atoms with E-state index < -0.39 is 0 Å². The SMILES string of the molecule is Cc1ccc(NC(=O)CSc2ccc(NC(=O)c3ccc(C)cc3)nn2)cc1. The summed E-state index contributed by atoms with van der Waals surface area (Å²) in [5, 5.41) is 14.2. The molecule has 3 rings (SSSR count). The minimum absolute atomic E-state index is 0.118. The summed E-state index contributed by atoms with van der Waals surface area (Å²) in [5.74, 6) is 0.219. The Labute approximate surface area is 167 Å². The number of aryl methyl sites for hydroxylation is 2. The summed E-state index contributed by atoms with van der Waals surface area (Å²) in [6, 6.07) is 18.3. The lowest BCUT2D eigenvalue weighted by Crippen LogP contribution is -2.14. The second kappa shape index (κ2) is 9.14. The number of benzene rings is 2. The fourth-order valence-corrected chi connectivity index (χ4v) is 2.94. The number of rotatable bonds is 6. The molecule has 142 valence electrons. The van der Waals surface area contributed by atoms with Gasteiger partial charge in [0, 0.05) is 11.3 Å². The van der Waals surface area contributed by atoms with E-state index in [0.717, 1.165) is 16.8 Å². The smallest absolute Gasteiger partial charge is 0.256 e. The van der Waals surface area contributed by atoms with Crippen LogP contribution in [0.2, 0.25) is 0 Å². The highest BCUT2D eigenvalue weighted by Crippen LogP contribution is 2.17. The second-order valence-electron chi connectivity index (χ2n) is 6.28. The molecular formula is C21H20N4O2S. The van der Waals surface area contributed by atoms with Gasteiger partial charge >= 0.3 is 0 Å². The molecule has 2 amide bonds. The summed E-state index contributed by atoms with van der Waals surface area (Å²) < 4.78 is 0. The summed E-state index contributed by atoms with van der Waals surface area (Å²) in [7, 11) is 0. The first-order valence-corrected chi connectivity index (χ1v) is 9.69. The molecule has 6 nitrogen and oxygen atoms in total. The van der Waals surface area contributed by atoms with Gasteiger partial charge in [-0.15, -0.1) is 10.2 Å². The van der Waals surface area contributed by atoms with E-state index in [1.165, 1.54) is 11.8 Å². The predicted octanol–water partition coefficient (Wildman–Crippen LogP) is 4.08. The van der Waals surface area contributed by atoms with Crippen LogP contribution in [0.4, 0.5) is 11.5 Å². The first-order valence-electron chi connectivity index (χ1n) is 8.71. The van der Waals surface area contributed by atoms with Crippen molar-refractivity contribution in [2.24, 2.45) is 0 Å². The summed E-state index contributed by atoms with van der Waals surface area (Å²) in [6.07, 6.45) is 0. The van der Waals surface area contributed by atoms with Gasteiger partial charge in [0.25, 0.3) is 5.91 Å². The van der Waals surface area contributed by atoms with E-state index in [-0.39, 0.29) is 17.6 Å². The Balaban J connectivity index is 1.49. The Hall–Kier alpha value is -3.19. The lowest BCUT2D eigenvalue weighted by molar-refractivity contribution is -0.113. The third-order valence-electron chi connectivity index (χ3n) is 3.88. The Morgan fingerprint density at radius 3 is 2.07 bits per heavy atom. The van der Waals surface area contributed by atoms with Gasteiger partial charge in [-0.25, -0.2) is 0 Å². The van der Waals surface area contributed by atoms with Crippen LogP contribution in [0.25, 0.3) is 0 Å². The van der Waals surface area contributed by atoms with Crippen molar-refractivity contribution in [1.29, 1.82) is 0 Å². The highest BCUT2D eigenvalue weighted by Gasteiger charge is 2.08. The maximum atomic E-state index is 12.2. The molecule has 7 heteroatoms. The van der Waals surface area contributed by atoms with Crippen LogP contribution >= 0.6 is 11.8 Å². The largest absolute Gasteiger partial charge is 0.325 e. The molecule has 3 aromatic rings. The molecule has 0 aliphatic heterocycles.